The molecule has 1 atom stereocenters. The van der Waals surface area contributed by atoms with E-state index in [2.05, 4.69) is 14.5 Å². The van der Waals surface area contributed by atoms with Gasteiger partial charge in [-0.25, -0.2) is 9.97 Å². The number of likely N-dealkylation sites (N-methyl/N-ethyl adjacent to an activating group) is 1. The summed E-state index contributed by atoms with van der Waals surface area (Å²) >= 11 is 0. The minimum Gasteiger partial charge on any atom is -0.468 e. The minimum atomic E-state index is -0.462. The number of aromatic nitrogens is 3. The van der Waals surface area contributed by atoms with Gasteiger partial charge in [-0.05, 0) is 32.4 Å². The molecular formula is C20H27N5O4. The molecule has 4 heterocycles. The van der Waals surface area contributed by atoms with E-state index in [1.165, 1.54) is 7.11 Å². The molecule has 0 radical (unpaired) electrons. The van der Waals surface area contributed by atoms with Crippen molar-refractivity contribution in [2.75, 3.05) is 47.0 Å². The Morgan fingerprint density at radius 3 is 2.76 bits per heavy atom. The van der Waals surface area contributed by atoms with Crippen LogP contribution in [0.3, 0.4) is 0 Å². The van der Waals surface area contributed by atoms with Crippen molar-refractivity contribution in [3.8, 4) is 0 Å². The van der Waals surface area contributed by atoms with Gasteiger partial charge in [-0.1, -0.05) is 0 Å². The van der Waals surface area contributed by atoms with Gasteiger partial charge in [-0.15, -0.1) is 0 Å². The van der Waals surface area contributed by atoms with E-state index >= 15 is 0 Å². The molecule has 9 heteroatoms. The predicted octanol–water partition coefficient (Wildman–Crippen LogP) is 1.10. The van der Waals surface area contributed by atoms with Gasteiger partial charge in [0, 0.05) is 45.1 Å². The Hall–Kier alpha value is -2.52. The molecule has 0 bridgehead atoms. The number of esters is 1. The second-order valence-corrected chi connectivity index (χ2v) is 7.69. The third kappa shape index (κ3) is 3.97. The number of pyridine rings is 1. The van der Waals surface area contributed by atoms with E-state index in [0.717, 1.165) is 44.7 Å². The summed E-state index contributed by atoms with van der Waals surface area (Å²) in [5.41, 5.74) is 1.98. The van der Waals surface area contributed by atoms with Gasteiger partial charge in [-0.2, -0.15) is 0 Å². The summed E-state index contributed by atoms with van der Waals surface area (Å²) in [7, 11) is 3.26. The summed E-state index contributed by atoms with van der Waals surface area (Å²) in [6, 6.07) is 1.66. The Balaban J connectivity index is 1.55. The van der Waals surface area contributed by atoms with Gasteiger partial charge in [-0.3, -0.25) is 14.5 Å². The zero-order valence-corrected chi connectivity index (χ0v) is 16.9. The number of methoxy groups -OCH3 is 1. The molecule has 2 saturated heterocycles. The van der Waals surface area contributed by atoms with Crippen molar-refractivity contribution >= 4 is 23.0 Å². The van der Waals surface area contributed by atoms with E-state index in [4.69, 9.17) is 9.47 Å². The van der Waals surface area contributed by atoms with Gasteiger partial charge in [0.25, 0.3) is 5.91 Å². The molecule has 156 valence electrons. The maximum absolute atomic E-state index is 13.1. The standard InChI is InChI=1S/C20H27N5O4/c1-23-6-3-7-24(12-17(23)20(27)28-2)19(26)14-10-16-18(21-11-14)25(13-22-16)15-4-8-29-9-5-15/h10-11,13,15,17H,3-9,12H2,1-2H3. The van der Waals surface area contributed by atoms with E-state index in [1.54, 1.807) is 23.5 Å². The Labute approximate surface area is 169 Å². The maximum atomic E-state index is 13.1. The van der Waals surface area contributed by atoms with Gasteiger partial charge >= 0.3 is 5.97 Å². The van der Waals surface area contributed by atoms with Crippen molar-refractivity contribution in [3.63, 3.8) is 0 Å². The number of fused-ring (bicyclic) bond motifs is 1. The molecule has 29 heavy (non-hydrogen) atoms. The fourth-order valence-electron chi connectivity index (χ4n) is 4.13. The number of carbonyl (C=O) groups is 2. The summed E-state index contributed by atoms with van der Waals surface area (Å²) in [5, 5.41) is 0. The van der Waals surface area contributed by atoms with Crippen LogP contribution in [0, 0.1) is 0 Å². The van der Waals surface area contributed by atoms with E-state index in [0.29, 0.717) is 30.2 Å². The quantitative estimate of drug-likeness (QED) is 0.712. The maximum Gasteiger partial charge on any atom is 0.324 e. The summed E-state index contributed by atoms with van der Waals surface area (Å²) in [4.78, 5) is 37.9. The largest absolute Gasteiger partial charge is 0.468 e. The van der Waals surface area contributed by atoms with E-state index in [1.807, 2.05) is 11.9 Å². The molecule has 9 nitrogen and oxygen atoms in total. The van der Waals surface area contributed by atoms with Crippen LogP contribution in [-0.4, -0.2) is 89.3 Å². The van der Waals surface area contributed by atoms with Gasteiger partial charge in [0.2, 0.25) is 0 Å². The molecule has 0 aromatic carbocycles. The molecule has 1 unspecified atom stereocenters. The fourth-order valence-corrected chi connectivity index (χ4v) is 4.13. The first-order chi connectivity index (χ1) is 14.1. The smallest absolute Gasteiger partial charge is 0.324 e. The third-order valence-corrected chi connectivity index (χ3v) is 5.87. The molecule has 0 N–H and O–H groups in total. The lowest BCUT2D eigenvalue weighted by Gasteiger charge is -2.26. The number of imidazole rings is 1. The summed E-state index contributed by atoms with van der Waals surface area (Å²) < 4.78 is 12.4. The number of amides is 1. The van der Waals surface area contributed by atoms with Crippen molar-refractivity contribution in [2.24, 2.45) is 0 Å². The zero-order chi connectivity index (χ0) is 20.4. The van der Waals surface area contributed by atoms with Crippen LogP contribution in [0.1, 0.15) is 35.7 Å². The van der Waals surface area contributed by atoms with E-state index in [9.17, 15) is 9.59 Å². The van der Waals surface area contributed by atoms with Gasteiger partial charge in [0.05, 0.1) is 19.0 Å². The number of carbonyl (C=O) groups excluding carboxylic acids is 2. The van der Waals surface area contributed by atoms with Crippen molar-refractivity contribution in [1.82, 2.24) is 24.3 Å². The molecule has 2 aliphatic heterocycles. The van der Waals surface area contributed by atoms with Gasteiger partial charge < -0.3 is 18.9 Å². The number of hydrogen-bond donors (Lipinski definition) is 0. The summed E-state index contributed by atoms with van der Waals surface area (Å²) in [5.74, 6) is -0.458. The van der Waals surface area contributed by atoms with Crippen LogP contribution in [0.25, 0.3) is 11.2 Å². The Bertz CT molecular complexity index is 892. The van der Waals surface area contributed by atoms with Crippen LogP contribution < -0.4 is 0 Å². The van der Waals surface area contributed by atoms with Crippen LogP contribution in [0.2, 0.25) is 0 Å². The lowest BCUT2D eigenvalue weighted by Crippen LogP contribution is -2.46. The first-order valence-electron chi connectivity index (χ1n) is 10.1. The zero-order valence-electron chi connectivity index (χ0n) is 16.9. The van der Waals surface area contributed by atoms with Crippen LogP contribution >= 0.6 is 0 Å². The van der Waals surface area contributed by atoms with Crippen LogP contribution in [0.15, 0.2) is 18.6 Å². The number of nitrogens with zero attached hydrogens (tertiary/aromatic N) is 5. The van der Waals surface area contributed by atoms with Crippen molar-refractivity contribution in [1.29, 1.82) is 0 Å². The Morgan fingerprint density at radius 1 is 1.21 bits per heavy atom. The normalized spacial score (nSPS) is 21.9. The van der Waals surface area contributed by atoms with Crippen LogP contribution in [0.4, 0.5) is 0 Å². The number of ether oxygens (including phenoxy) is 2. The number of rotatable bonds is 3. The molecule has 4 rings (SSSR count). The highest BCUT2D eigenvalue weighted by Gasteiger charge is 2.31. The Kier molecular flexibility index (Phi) is 5.77. The first-order valence-corrected chi connectivity index (χ1v) is 10.1. The SMILES string of the molecule is COC(=O)C1CN(C(=O)c2cnc3c(c2)ncn3C2CCOCC2)CCCN1C. The van der Waals surface area contributed by atoms with Crippen molar-refractivity contribution in [3.05, 3.63) is 24.2 Å². The van der Waals surface area contributed by atoms with Crippen molar-refractivity contribution in [2.45, 2.75) is 31.3 Å². The molecule has 0 saturated carbocycles. The molecule has 2 aliphatic rings. The molecule has 1 amide bonds. The van der Waals surface area contributed by atoms with E-state index < -0.39 is 6.04 Å². The molecule has 0 aliphatic carbocycles. The fraction of sp³-hybridized carbons (Fsp3) is 0.600. The van der Waals surface area contributed by atoms with Crippen LogP contribution in [0.5, 0.6) is 0 Å². The average molecular weight is 401 g/mol. The average Bonchev–Trinajstić information content (AvgIpc) is 3.08. The molecule has 2 aromatic rings. The number of hydrogen-bond acceptors (Lipinski definition) is 7. The summed E-state index contributed by atoms with van der Waals surface area (Å²) in [6.07, 6.45) is 6.08. The minimum absolute atomic E-state index is 0.135. The monoisotopic (exact) mass is 401 g/mol. The third-order valence-electron chi connectivity index (χ3n) is 5.87. The lowest BCUT2D eigenvalue weighted by atomic mass is 10.1. The molecule has 2 fully saturated rings. The highest BCUT2D eigenvalue weighted by Crippen LogP contribution is 2.25. The second kappa shape index (κ2) is 8.46. The lowest BCUT2D eigenvalue weighted by molar-refractivity contribution is -0.146. The van der Waals surface area contributed by atoms with Crippen LogP contribution in [-0.2, 0) is 14.3 Å². The molecular weight excluding hydrogens is 374 g/mol. The highest BCUT2D eigenvalue weighted by atomic mass is 16.5. The van der Waals surface area contributed by atoms with Gasteiger partial charge in [0.15, 0.2) is 5.65 Å². The van der Waals surface area contributed by atoms with Crippen molar-refractivity contribution < 1.29 is 19.1 Å². The second-order valence-electron chi connectivity index (χ2n) is 7.69. The molecule has 0 spiro atoms. The highest BCUT2D eigenvalue weighted by molar-refractivity contribution is 5.96. The van der Waals surface area contributed by atoms with E-state index in [-0.39, 0.29) is 11.9 Å². The Morgan fingerprint density at radius 2 is 2.00 bits per heavy atom. The first kappa shape index (κ1) is 19.8. The molecule has 2 aromatic heterocycles. The van der Waals surface area contributed by atoms with Gasteiger partial charge in [0.1, 0.15) is 11.6 Å². The predicted molar refractivity (Wildman–Crippen MR) is 106 cm³/mol. The topological polar surface area (TPSA) is 89.8 Å². The summed E-state index contributed by atoms with van der Waals surface area (Å²) in [6.45, 7) is 3.11.